The normalized spacial score (nSPS) is 15.7. The number of benzene rings is 1. The van der Waals surface area contributed by atoms with Gasteiger partial charge in [0.05, 0.1) is 17.1 Å². The van der Waals surface area contributed by atoms with Gasteiger partial charge in [0.1, 0.15) is 0 Å². The highest BCUT2D eigenvalue weighted by Gasteiger charge is 2.16. The van der Waals surface area contributed by atoms with Crippen LogP contribution in [0.4, 0.5) is 11.4 Å². The Morgan fingerprint density at radius 3 is 2.89 bits per heavy atom. The van der Waals surface area contributed by atoms with Gasteiger partial charge in [-0.15, -0.1) is 0 Å². The summed E-state index contributed by atoms with van der Waals surface area (Å²) in [5.74, 6) is 0.457. The molecule has 0 saturated carbocycles. The summed E-state index contributed by atoms with van der Waals surface area (Å²) in [6.07, 6.45) is 1.03. The molecule has 1 aromatic carbocycles. The minimum absolute atomic E-state index is 0.223. The van der Waals surface area contributed by atoms with Gasteiger partial charge in [0.2, 0.25) is 0 Å². The summed E-state index contributed by atoms with van der Waals surface area (Å²) in [7, 11) is -2.90. The molecule has 1 aromatic rings. The second-order valence-corrected chi connectivity index (χ2v) is 6.99. The summed E-state index contributed by atoms with van der Waals surface area (Å²) >= 11 is 0. The van der Waals surface area contributed by atoms with Crippen LogP contribution in [0.3, 0.4) is 0 Å². The Kier molecular flexibility index (Phi) is 4.11. The lowest BCUT2D eigenvalue weighted by Gasteiger charge is -2.24. The van der Waals surface area contributed by atoms with E-state index in [4.69, 9.17) is 0 Å². The minimum atomic E-state index is -2.90. The van der Waals surface area contributed by atoms with Crippen molar-refractivity contribution >= 4 is 21.2 Å². The van der Waals surface area contributed by atoms with Crippen molar-refractivity contribution in [3.05, 3.63) is 24.3 Å². The highest BCUT2D eigenvalue weighted by Crippen LogP contribution is 2.27. The fourth-order valence-electron chi connectivity index (χ4n) is 2.14. The topological polar surface area (TPSA) is 49.4 Å². The van der Waals surface area contributed by atoms with E-state index < -0.39 is 9.84 Å². The van der Waals surface area contributed by atoms with Crippen LogP contribution in [0.15, 0.2) is 24.3 Å². The van der Waals surface area contributed by atoms with Crippen LogP contribution in [-0.4, -0.2) is 39.6 Å². The highest BCUT2D eigenvalue weighted by atomic mass is 32.2. The van der Waals surface area contributed by atoms with Gasteiger partial charge in [-0.05, 0) is 18.6 Å². The number of anilines is 2. The van der Waals surface area contributed by atoms with Gasteiger partial charge in [-0.1, -0.05) is 19.1 Å². The first-order valence-electron chi connectivity index (χ1n) is 6.40. The molecule has 1 aliphatic rings. The lowest BCUT2D eigenvalue weighted by Crippen LogP contribution is -2.30. The number of hydrogen-bond donors (Lipinski definition) is 1. The zero-order valence-corrected chi connectivity index (χ0v) is 11.5. The van der Waals surface area contributed by atoms with E-state index in [0.29, 0.717) is 6.54 Å². The maximum Gasteiger partial charge on any atom is 0.151 e. The fourth-order valence-corrected chi connectivity index (χ4v) is 2.93. The first-order valence-corrected chi connectivity index (χ1v) is 8.23. The van der Waals surface area contributed by atoms with Crippen LogP contribution in [0.5, 0.6) is 0 Å². The van der Waals surface area contributed by atoms with E-state index in [0.717, 1.165) is 30.9 Å². The van der Waals surface area contributed by atoms with Crippen LogP contribution >= 0.6 is 0 Å². The van der Waals surface area contributed by atoms with Crippen molar-refractivity contribution in [2.75, 3.05) is 41.4 Å². The number of fused-ring (bicyclic) bond motifs is 1. The average molecular weight is 268 g/mol. The maximum atomic E-state index is 11.6. The van der Waals surface area contributed by atoms with Crippen molar-refractivity contribution in [1.29, 1.82) is 0 Å². The third kappa shape index (κ3) is 3.16. The molecule has 1 N–H and O–H groups in total. The molecule has 100 valence electrons. The monoisotopic (exact) mass is 268 g/mol. The first kappa shape index (κ1) is 13.2. The van der Waals surface area contributed by atoms with Crippen LogP contribution in [0.25, 0.3) is 0 Å². The van der Waals surface area contributed by atoms with E-state index in [1.807, 2.05) is 24.3 Å². The summed E-state index contributed by atoms with van der Waals surface area (Å²) < 4.78 is 23.2. The quantitative estimate of drug-likeness (QED) is 0.903. The number of sulfone groups is 1. The van der Waals surface area contributed by atoms with Crippen molar-refractivity contribution < 1.29 is 8.42 Å². The molecule has 0 atom stereocenters. The fraction of sp³-hybridized carbons (Fsp3) is 0.538. The SMILES string of the molecule is CCS(=O)(=O)CCN1CCCNc2ccccc21. The summed E-state index contributed by atoms with van der Waals surface area (Å²) in [6, 6.07) is 8.08. The average Bonchev–Trinajstić information content (AvgIpc) is 2.59. The molecular formula is C13H20N2O2S. The molecule has 2 rings (SSSR count). The Balaban J connectivity index is 2.13. The van der Waals surface area contributed by atoms with Crippen LogP contribution in [-0.2, 0) is 9.84 Å². The van der Waals surface area contributed by atoms with E-state index in [-0.39, 0.29) is 11.5 Å². The Morgan fingerprint density at radius 2 is 2.11 bits per heavy atom. The number of nitrogens with one attached hydrogen (secondary N) is 1. The van der Waals surface area contributed by atoms with Gasteiger partial charge in [-0.2, -0.15) is 0 Å². The molecule has 0 bridgehead atoms. The standard InChI is InChI=1S/C13H20N2O2S/c1-2-18(16,17)11-10-15-9-5-8-14-12-6-3-4-7-13(12)15/h3-4,6-7,14H,2,5,8-11H2,1H3. The molecule has 0 radical (unpaired) electrons. The smallest absolute Gasteiger partial charge is 0.151 e. The Bertz CT molecular complexity index is 499. The summed E-state index contributed by atoms with van der Waals surface area (Å²) in [5.41, 5.74) is 2.21. The van der Waals surface area contributed by atoms with E-state index in [1.165, 1.54) is 0 Å². The van der Waals surface area contributed by atoms with Crippen LogP contribution < -0.4 is 10.2 Å². The molecule has 0 saturated heterocycles. The Hall–Kier alpha value is -1.23. The van der Waals surface area contributed by atoms with Crippen LogP contribution in [0, 0.1) is 0 Å². The largest absolute Gasteiger partial charge is 0.383 e. The predicted octanol–water partition coefficient (Wildman–Crippen LogP) is 1.74. The number of nitrogens with zero attached hydrogens (tertiary/aromatic N) is 1. The molecule has 0 aliphatic carbocycles. The Labute approximate surface area is 109 Å². The lowest BCUT2D eigenvalue weighted by atomic mass is 10.2. The van der Waals surface area contributed by atoms with Gasteiger partial charge in [0, 0.05) is 25.4 Å². The zero-order valence-electron chi connectivity index (χ0n) is 10.7. The third-order valence-electron chi connectivity index (χ3n) is 3.28. The van der Waals surface area contributed by atoms with Crippen molar-refractivity contribution in [2.45, 2.75) is 13.3 Å². The molecule has 4 nitrogen and oxygen atoms in total. The van der Waals surface area contributed by atoms with Gasteiger partial charge >= 0.3 is 0 Å². The van der Waals surface area contributed by atoms with E-state index >= 15 is 0 Å². The molecule has 1 aliphatic heterocycles. The maximum absolute atomic E-state index is 11.6. The van der Waals surface area contributed by atoms with Gasteiger partial charge in [-0.25, -0.2) is 8.42 Å². The molecule has 5 heteroatoms. The van der Waals surface area contributed by atoms with Crippen LogP contribution in [0.1, 0.15) is 13.3 Å². The molecule has 0 spiro atoms. The predicted molar refractivity (Wildman–Crippen MR) is 76.1 cm³/mol. The Morgan fingerprint density at radius 1 is 1.33 bits per heavy atom. The minimum Gasteiger partial charge on any atom is -0.383 e. The summed E-state index contributed by atoms with van der Waals surface area (Å²) in [4.78, 5) is 2.17. The summed E-state index contributed by atoms with van der Waals surface area (Å²) in [6.45, 7) is 4.12. The number of para-hydroxylation sites is 2. The van der Waals surface area contributed by atoms with E-state index in [1.54, 1.807) is 6.92 Å². The molecule has 1 heterocycles. The van der Waals surface area contributed by atoms with Crippen molar-refractivity contribution in [2.24, 2.45) is 0 Å². The first-order chi connectivity index (χ1) is 8.62. The molecule has 0 amide bonds. The summed E-state index contributed by atoms with van der Waals surface area (Å²) in [5, 5.41) is 3.38. The van der Waals surface area contributed by atoms with Crippen molar-refractivity contribution in [1.82, 2.24) is 0 Å². The van der Waals surface area contributed by atoms with Crippen molar-refractivity contribution in [3.8, 4) is 0 Å². The van der Waals surface area contributed by atoms with Gasteiger partial charge in [0.25, 0.3) is 0 Å². The lowest BCUT2D eigenvalue weighted by molar-refractivity contribution is 0.595. The molecule has 18 heavy (non-hydrogen) atoms. The van der Waals surface area contributed by atoms with E-state index in [9.17, 15) is 8.42 Å². The number of rotatable bonds is 4. The highest BCUT2D eigenvalue weighted by molar-refractivity contribution is 7.91. The second kappa shape index (κ2) is 5.61. The molecule has 0 aromatic heterocycles. The molecule has 0 unspecified atom stereocenters. The van der Waals surface area contributed by atoms with Crippen molar-refractivity contribution in [3.63, 3.8) is 0 Å². The van der Waals surface area contributed by atoms with Crippen LogP contribution in [0.2, 0.25) is 0 Å². The van der Waals surface area contributed by atoms with Gasteiger partial charge < -0.3 is 10.2 Å². The number of hydrogen-bond acceptors (Lipinski definition) is 4. The molecule has 0 fully saturated rings. The third-order valence-corrected chi connectivity index (χ3v) is 4.96. The van der Waals surface area contributed by atoms with E-state index in [2.05, 4.69) is 10.2 Å². The zero-order chi connectivity index (χ0) is 13.0. The molecular weight excluding hydrogens is 248 g/mol. The second-order valence-electron chi connectivity index (χ2n) is 4.52. The van der Waals surface area contributed by atoms with Gasteiger partial charge in [0.15, 0.2) is 9.84 Å². The van der Waals surface area contributed by atoms with Gasteiger partial charge in [-0.3, -0.25) is 0 Å².